The quantitative estimate of drug-likeness (QED) is 0.375. The van der Waals surface area contributed by atoms with Gasteiger partial charge in [-0.3, -0.25) is 0 Å². The molecule has 14 heteroatoms. The van der Waals surface area contributed by atoms with Crippen LogP contribution >= 0.6 is 0 Å². The van der Waals surface area contributed by atoms with Gasteiger partial charge >= 0.3 is 51.4 Å². The first-order valence-corrected chi connectivity index (χ1v) is 0. The average molecular weight is 308 g/mol. The van der Waals surface area contributed by atoms with Gasteiger partial charge in [0.05, 0.1) is 0 Å². The Morgan fingerprint density at radius 3 is 0.286 bits per heavy atom. The zero-order chi connectivity index (χ0) is 0. The molecule has 0 rings (SSSR count). The van der Waals surface area contributed by atoms with Gasteiger partial charge in [0.15, 0.2) is 0 Å². The van der Waals surface area contributed by atoms with Crippen molar-refractivity contribution in [2.24, 2.45) is 0 Å². The SMILES string of the molecule is O.O.O.O.O.O.O.O.O.O.O.O.[Cr].[H-].[K+]. The van der Waals surface area contributed by atoms with Crippen molar-refractivity contribution in [3.05, 3.63) is 0 Å². The summed E-state index contributed by atoms with van der Waals surface area (Å²) in [6.45, 7) is 0. The molecular weight excluding hydrogens is 283 g/mol. The fourth-order valence-corrected chi connectivity index (χ4v) is 0. The minimum Gasteiger partial charge on any atom is -1.00 e. The molecule has 12 nitrogen and oxygen atoms in total. The van der Waals surface area contributed by atoms with Crippen molar-refractivity contribution >= 4 is 0 Å². The zero-order valence-electron chi connectivity index (χ0n) is 8.41. The van der Waals surface area contributed by atoms with Crippen molar-refractivity contribution in [3.8, 4) is 0 Å². The maximum Gasteiger partial charge on any atom is 1.00 e. The third-order valence-electron chi connectivity index (χ3n) is 0. The first-order chi connectivity index (χ1) is 0. The van der Waals surface area contributed by atoms with Crippen molar-refractivity contribution in [1.29, 1.82) is 0 Å². The maximum atomic E-state index is 0. The van der Waals surface area contributed by atoms with E-state index in [1.165, 1.54) is 0 Å². The van der Waals surface area contributed by atoms with Crippen LogP contribution in [0.4, 0.5) is 0 Å². The molecule has 0 aliphatic rings. The molecule has 0 aromatic heterocycles. The number of hydrogen-bond donors (Lipinski definition) is 0. The summed E-state index contributed by atoms with van der Waals surface area (Å²) in [5.74, 6) is 0. The van der Waals surface area contributed by atoms with E-state index < -0.39 is 0 Å². The third kappa shape index (κ3) is 773. The minimum atomic E-state index is 0. The second-order valence-electron chi connectivity index (χ2n) is 0. The van der Waals surface area contributed by atoms with Gasteiger partial charge in [-0.1, -0.05) is 0 Å². The second kappa shape index (κ2) is 965. The van der Waals surface area contributed by atoms with Crippen LogP contribution in [0.1, 0.15) is 1.43 Å². The molecule has 0 saturated heterocycles. The molecular formula is H25CrKO12. The van der Waals surface area contributed by atoms with Gasteiger partial charge in [0, 0.05) is 17.4 Å². The van der Waals surface area contributed by atoms with Crippen LogP contribution in [-0.4, -0.2) is 65.7 Å². The van der Waals surface area contributed by atoms with E-state index in [-0.39, 0.29) is 136 Å². The smallest absolute Gasteiger partial charge is 1.00 e. The molecule has 0 heterocycles. The molecule has 0 saturated carbocycles. The van der Waals surface area contributed by atoms with E-state index in [2.05, 4.69) is 0 Å². The van der Waals surface area contributed by atoms with Gasteiger partial charge in [0.1, 0.15) is 0 Å². The average Bonchev–Trinajstić information content (AvgIpc) is 0. The van der Waals surface area contributed by atoms with Crippen LogP contribution in [0.3, 0.4) is 0 Å². The van der Waals surface area contributed by atoms with Crippen LogP contribution in [0, 0.1) is 0 Å². The molecule has 0 spiro atoms. The van der Waals surface area contributed by atoms with Gasteiger partial charge in [-0.15, -0.1) is 0 Å². The number of rotatable bonds is 0. The van der Waals surface area contributed by atoms with Crippen molar-refractivity contribution in [1.82, 2.24) is 0 Å². The zero-order valence-corrected chi connectivity index (χ0v) is 11.8. The second-order valence-corrected chi connectivity index (χ2v) is 0. The van der Waals surface area contributed by atoms with E-state index in [1.54, 1.807) is 0 Å². The van der Waals surface area contributed by atoms with Gasteiger partial charge in [-0.25, -0.2) is 0 Å². The fraction of sp³-hybridized carbons (Fsp3) is 0. The van der Waals surface area contributed by atoms with E-state index >= 15 is 0 Å². The maximum absolute atomic E-state index is 0. The molecule has 0 fully saturated rings. The van der Waals surface area contributed by atoms with E-state index in [4.69, 9.17) is 0 Å². The Morgan fingerprint density at radius 1 is 0.286 bits per heavy atom. The third-order valence-corrected chi connectivity index (χ3v) is 0. The predicted octanol–water partition coefficient (Wildman–Crippen LogP) is -12.8. The summed E-state index contributed by atoms with van der Waals surface area (Å²) in [6, 6.07) is 0. The molecule has 0 bridgehead atoms. The molecule has 14 heavy (non-hydrogen) atoms. The summed E-state index contributed by atoms with van der Waals surface area (Å²) >= 11 is 0. The van der Waals surface area contributed by atoms with E-state index in [0.717, 1.165) is 0 Å². The topological polar surface area (TPSA) is 378 Å². The molecule has 0 amide bonds. The molecule has 104 valence electrons. The normalized spacial score (nSPS) is 0. The monoisotopic (exact) mass is 308 g/mol. The molecule has 0 aliphatic carbocycles. The van der Waals surface area contributed by atoms with Crippen LogP contribution in [0.2, 0.25) is 0 Å². The molecule has 0 aromatic rings. The van der Waals surface area contributed by atoms with E-state index in [1.807, 2.05) is 0 Å². The Bertz CT molecular complexity index is 15.6. The summed E-state index contributed by atoms with van der Waals surface area (Å²) in [6.07, 6.45) is 0. The summed E-state index contributed by atoms with van der Waals surface area (Å²) < 4.78 is 0. The Kier molecular flexibility index (Phi) is 81800. The Morgan fingerprint density at radius 2 is 0.286 bits per heavy atom. The molecule has 0 aromatic carbocycles. The van der Waals surface area contributed by atoms with Crippen LogP contribution in [0.15, 0.2) is 0 Å². The standard InChI is InChI=1S/Cr.K.12H2O.H/h;;12*1H2;/q;+1;;;;;;;;;;;;;-1. The van der Waals surface area contributed by atoms with Crippen LogP contribution in [-0.2, 0) is 17.4 Å². The molecule has 0 radical (unpaired) electrons. The first kappa shape index (κ1) is 1190. The van der Waals surface area contributed by atoms with Crippen molar-refractivity contribution in [2.45, 2.75) is 0 Å². The minimum absolute atomic E-state index is 0. The van der Waals surface area contributed by atoms with Gasteiger partial charge in [0.25, 0.3) is 0 Å². The Labute approximate surface area is 134 Å². The van der Waals surface area contributed by atoms with Gasteiger partial charge in [-0.2, -0.15) is 0 Å². The summed E-state index contributed by atoms with van der Waals surface area (Å²) in [4.78, 5) is 0. The molecule has 24 N–H and O–H groups in total. The van der Waals surface area contributed by atoms with Gasteiger partial charge < -0.3 is 67.1 Å². The summed E-state index contributed by atoms with van der Waals surface area (Å²) in [5.41, 5.74) is 0. The van der Waals surface area contributed by atoms with Gasteiger partial charge in [-0.05, 0) is 0 Å². The predicted molar refractivity (Wildman–Crippen MR) is 44.5 cm³/mol. The van der Waals surface area contributed by atoms with Crippen LogP contribution in [0.5, 0.6) is 0 Å². The first-order valence-electron chi connectivity index (χ1n) is 0. The summed E-state index contributed by atoms with van der Waals surface area (Å²) in [7, 11) is 0. The Balaban J connectivity index is 0. The van der Waals surface area contributed by atoms with E-state index in [0.29, 0.717) is 0 Å². The molecule has 0 atom stereocenters. The molecule has 0 aliphatic heterocycles. The number of hydrogen-bond acceptors (Lipinski definition) is 0. The van der Waals surface area contributed by atoms with Crippen LogP contribution < -0.4 is 51.4 Å². The van der Waals surface area contributed by atoms with Crippen molar-refractivity contribution in [3.63, 3.8) is 0 Å². The van der Waals surface area contributed by atoms with Crippen molar-refractivity contribution < 1.29 is 136 Å². The van der Waals surface area contributed by atoms with Crippen LogP contribution in [0.25, 0.3) is 0 Å². The van der Waals surface area contributed by atoms with E-state index in [9.17, 15) is 0 Å². The fourth-order valence-electron chi connectivity index (χ4n) is 0. The van der Waals surface area contributed by atoms with Crippen molar-refractivity contribution in [2.75, 3.05) is 0 Å². The summed E-state index contributed by atoms with van der Waals surface area (Å²) in [5, 5.41) is 0. The largest absolute Gasteiger partial charge is 1.00 e. The molecule has 0 unspecified atom stereocenters. The van der Waals surface area contributed by atoms with Gasteiger partial charge in [0.2, 0.25) is 0 Å². The Hall–Kier alpha value is 1.69.